The number of nitrogens with zero attached hydrogens (tertiary/aromatic N) is 1. The van der Waals surface area contributed by atoms with Gasteiger partial charge in [0.05, 0.1) is 0 Å². The monoisotopic (exact) mass is 371 g/mol. The van der Waals surface area contributed by atoms with E-state index >= 15 is 0 Å². The molecule has 4 rings (SSSR count). The highest BCUT2D eigenvalue weighted by Gasteiger charge is 2.38. The van der Waals surface area contributed by atoms with Gasteiger partial charge in [-0.1, -0.05) is 12.1 Å². The Morgan fingerprint density at radius 1 is 1.04 bits per heavy atom. The van der Waals surface area contributed by atoms with Gasteiger partial charge in [0, 0.05) is 30.9 Å². The fourth-order valence-electron chi connectivity index (χ4n) is 4.02. The van der Waals surface area contributed by atoms with E-state index in [4.69, 9.17) is 0 Å². The quantitative estimate of drug-likeness (QED) is 0.836. The Hall–Kier alpha value is -2.63. The summed E-state index contributed by atoms with van der Waals surface area (Å²) in [6, 6.07) is 11.0. The molecule has 0 saturated carbocycles. The van der Waals surface area contributed by atoms with Crippen LogP contribution in [-0.4, -0.2) is 29.6 Å². The van der Waals surface area contributed by atoms with E-state index in [-0.39, 0.29) is 23.2 Å². The van der Waals surface area contributed by atoms with Crippen molar-refractivity contribution in [3.8, 4) is 0 Å². The first kappa shape index (κ1) is 17.8. The van der Waals surface area contributed by atoms with Gasteiger partial charge in [-0.15, -0.1) is 0 Å². The van der Waals surface area contributed by atoms with Crippen LogP contribution < -0.4 is 10.6 Å². The molecular weight excluding hydrogens is 348 g/mol. The number of anilines is 1. The smallest absolute Gasteiger partial charge is 0.317 e. The molecule has 2 aliphatic rings. The van der Waals surface area contributed by atoms with Crippen molar-refractivity contribution in [2.24, 2.45) is 0 Å². The Morgan fingerprint density at radius 2 is 1.74 bits per heavy atom. The zero-order valence-corrected chi connectivity index (χ0v) is 15.1. The number of benzene rings is 2. The van der Waals surface area contributed by atoms with Crippen LogP contribution >= 0.6 is 0 Å². The molecule has 0 unspecified atom stereocenters. The number of nitrogens with one attached hydrogen (secondary N) is 2. The number of hydrogen-bond acceptors (Lipinski definition) is 2. The van der Waals surface area contributed by atoms with Crippen LogP contribution in [-0.2, 0) is 13.0 Å². The first-order valence-corrected chi connectivity index (χ1v) is 9.37. The van der Waals surface area contributed by atoms with Gasteiger partial charge in [0.25, 0.3) is 0 Å². The summed E-state index contributed by atoms with van der Waals surface area (Å²) in [7, 11) is 0. The number of urea groups is 1. The van der Waals surface area contributed by atoms with Gasteiger partial charge in [-0.3, -0.25) is 0 Å². The fraction of sp³-hybridized carbons (Fsp3) is 0.381. The third-order valence-corrected chi connectivity index (χ3v) is 5.70. The fourth-order valence-corrected chi connectivity index (χ4v) is 4.02. The van der Waals surface area contributed by atoms with Crippen LogP contribution in [0.1, 0.15) is 30.4 Å². The lowest BCUT2D eigenvalue weighted by Gasteiger charge is -2.45. The van der Waals surface area contributed by atoms with Crippen molar-refractivity contribution >= 4 is 11.7 Å². The Labute approximate surface area is 157 Å². The molecule has 0 aromatic heterocycles. The third kappa shape index (κ3) is 3.89. The third-order valence-electron chi connectivity index (χ3n) is 5.70. The maximum absolute atomic E-state index is 13.4. The normalized spacial score (nSPS) is 17.9. The van der Waals surface area contributed by atoms with E-state index in [2.05, 4.69) is 10.6 Å². The molecule has 142 valence electrons. The van der Waals surface area contributed by atoms with E-state index in [1.165, 1.54) is 18.2 Å². The largest absolute Gasteiger partial charge is 0.379 e. The predicted octanol–water partition coefficient (Wildman–Crippen LogP) is 4.07. The predicted molar refractivity (Wildman–Crippen MR) is 101 cm³/mol. The van der Waals surface area contributed by atoms with Crippen molar-refractivity contribution in [3.05, 3.63) is 65.2 Å². The van der Waals surface area contributed by atoms with Crippen molar-refractivity contribution in [2.45, 2.75) is 37.8 Å². The van der Waals surface area contributed by atoms with E-state index in [1.54, 1.807) is 18.2 Å². The summed E-state index contributed by atoms with van der Waals surface area (Å²) in [4.78, 5) is 14.3. The van der Waals surface area contributed by atoms with Gasteiger partial charge in [0.1, 0.15) is 11.6 Å². The summed E-state index contributed by atoms with van der Waals surface area (Å²) < 4.78 is 26.3. The lowest BCUT2D eigenvalue weighted by atomic mass is 9.79. The van der Waals surface area contributed by atoms with E-state index in [0.29, 0.717) is 19.6 Å². The number of aryl methyl sites for hydroxylation is 1. The van der Waals surface area contributed by atoms with E-state index in [0.717, 1.165) is 42.5 Å². The van der Waals surface area contributed by atoms with Gasteiger partial charge >= 0.3 is 6.03 Å². The molecule has 2 N–H and O–H groups in total. The average Bonchev–Trinajstić information content (AvgIpc) is 2.68. The molecule has 0 atom stereocenters. The first-order valence-electron chi connectivity index (χ1n) is 9.37. The molecule has 1 fully saturated rings. The SMILES string of the molecule is O=C(NCc1ccc(F)cc1)N1CCC2(CCc3cc(F)ccc3N2)CC1. The van der Waals surface area contributed by atoms with E-state index in [1.807, 2.05) is 11.0 Å². The van der Waals surface area contributed by atoms with Gasteiger partial charge in [0.2, 0.25) is 0 Å². The van der Waals surface area contributed by atoms with Crippen LogP contribution in [0, 0.1) is 11.6 Å². The molecule has 6 heteroatoms. The average molecular weight is 371 g/mol. The summed E-state index contributed by atoms with van der Waals surface area (Å²) in [5.41, 5.74) is 2.89. The topological polar surface area (TPSA) is 44.4 Å². The Kier molecular flexibility index (Phi) is 4.72. The molecule has 1 spiro atoms. The number of piperidine rings is 1. The lowest BCUT2D eigenvalue weighted by molar-refractivity contribution is 0.160. The standard InChI is InChI=1S/C21H23F2N3O/c22-17-3-1-15(2-4-17)14-24-20(27)26-11-9-21(10-12-26)8-7-16-13-18(23)5-6-19(16)25-21/h1-6,13,25H,7-12,14H2,(H,24,27). The van der Waals surface area contributed by atoms with Crippen molar-refractivity contribution in [2.75, 3.05) is 18.4 Å². The van der Waals surface area contributed by atoms with Crippen LogP contribution in [0.3, 0.4) is 0 Å². The first-order chi connectivity index (χ1) is 13.0. The van der Waals surface area contributed by atoms with Crippen LogP contribution in [0.15, 0.2) is 42.5 Å². The van der Waals surface area contributed by atoms with Crippen molar-refractivity contribution in [3.63, 3.8) is 0 Å². The Bertz CT molecular complexity index is 830. The Morgan fingerprint density at radius 3 is 2.48 bits per heavy atom. The van der Waals surface area contributed by atoms with Crippen LogP contribution in [0.5, 0.6) is 0 Å². The maximum Gasteiger partial charge on any atom is 0.317 e. The summed E-state index contributed by atoms with van der Waals surface area (Å²) in [6.45, 7) is 1.75. The van der Waals surface area contributed by atoms with Crippen molar-refractivity contribution in [1.82, 2.24) is 10.2 Å². The van der Waals surface area contributed by atoms with Crippen LogP contribution in [0.2, 0.25) is 0 Å². The van der Waals surface area contributed by atoms with Crippen LogP contribution in [0.25, 0.3) is 0 Å². The molecule has 2 aromatic carbocycles. The number of likely N-dealkylation sites (tertiary alicyclic amines) is 1. The minimum atomic E-state index is -0.282. The molecule has 0 bridgehead atoms. The van der Waals surface area contributed by atoms with Gasteiger partial charge < -0.3 is 15.5 Å². The minimum absolute atomic E-state index is 0.0153. The molecule has 27 heavy (non-hydrogen) atoms. The number of rotatable bonds is 2. The molecule has 2 amide bonds. The second-order valence-corrected chi connectivity index (χ2v) is 7.48. The molecule has 1 saturated heterocycles. The summed E-state index contributed by atoms with van der Waals surface area (Å²) in [6.07, 6.45) is 3.55. The number of amides is 2. The van der Waals surface area contributed by atoms with E-state index in [9.17, 15) is 13.6 Å². The molecule has 4 nitrogen and oxygen atoms in total. The summed E-state index contributed by atoms with van der Waals surface area (Å²) in [5, 5.41) is 6.51. The number of fused-ring (bicyclic) bond motifs is 1. The number of carbonyl (C=O) groups excluding carboxylic acids is 1. The maximum atomic E-state index is 13.4. The zero-order chi connectivity index (χ0) is 18.9. The number of carbonyl (C=O) groups is 1. The second-order valence-electron chi connectivity index (χ2n) is 7.48. The highest BCUT2D eigenvalue weighted by molar-refractivity contribution is 5.74. The lowest BCUT2D eigenvalue weighted by Crippen LogP contribution is -2.54. The van der Waals surface area contributed by atoms with Gasteiger partial charge in [-0.2, -0.15) is 0 Å². The zero-order valence-electron chi connectivity index (χ0n) is 15.1. The molecule has 0 aliphatic carbocycles. The molecule has 0 radical (unpaired) electrons. The molecule has 2 aliphatic heterocycles. The van der Waals surface area contributed by atoms with Crippen molar-refractivity contribution < 1.29 is 13.6 Å². The van der Waals surface area contributed by atoms with Gasteiger partial charge in [-0.05, 0) is 67.1 Å². The number of hydrogen-bond donors (Lipinski definition) is 2. The van der Waals surface area contributed by atoms with Crippen LogP contribution in [0.4, 0.5) is 19.3 Å². The van der Waals surface area contributed by atoms with Gasteiger partial charge in [-0.25, -0.2) is 13.6 Å². The molecular formula is C21H23F2N3O. The Balaban J connectivity index is 1.31. The minimum Gasteiger partial charge on any atom is -0.379 e. The molecule has 2 heterocycles. The van der Waals surface area contributed by atoms with Crippen molar-refractivity contribution in [1.29, 1.82) is 0 Å². The number of halogens is 2. The van der Waals surface area contributed by atoms with E-state index < -0.39 is 0 Å². The summed E-state index contributed by atoms with van der Waals surface area (Å²) >= 11 is 0. The summed E-state index contributed by atoms with van der Waals surface area (Å²) in [5.74, 6) is -0.477. The second kappa shape index (κ2) is 7.18. The highest BCUT2D eigenvalue weighted by Crippen LogP contribution is 2.37. The van der Waals surface area contributed by atoms with Gasteiger partial charge in [0.15, 0.2) is 0 Å². The molecule has 2 aromatic rings. The highest BCUT2D eigenvalue weighted by atomic mass is 19.1.